The van der Waals surface area contributed by atoms with Gasteiger partial charge in [0, 0.05) is 17.8 Å². The van der Waals surface area contributed by atoms with Crippen molar-refractivity contribution in [3.8, 4) is 0 Å². The van der Waals surface area contributed by atoms with Crippen molar-refractivity contribution in [2.45, 2.75) is 52.7 Å². The number of carbonyl (C=O) groups excluding carboxylic acids is 1. The lowest BCUT2D eigenvalue weighted by Crippen LogP contribution is -2.49. The van der Waals surface area contributed by atoms with Crippen LogP contribution in [-0.2, 0) is 4.79 Å². The van der Waals surface area contributed by atoms with E-state index in [-0.39, 0.29) is 11.9 Å². The van der Waals surface area contributed by atoms with Crippen molar-refractivity contribution in [3.63, 3.8) is 0 Å². The molecule has 0 bridgehead atoms. The highest BCUT2D eigenvalue weighted by Gasteiger charge is 2.25. The molecule has 0 aliphatic rings. The maximum absolute atomic E-state index is 12.2. The van der Waals surface area contributed by atoms with E-state index in [2.05, 4.69) is 37.9 Å². The summed E-state index contributed by atoms with van der Waals surface area (Å²) in [5.74, 6) is 0.0450. The second-order valence-electron chi connectivity index (χ2n) is 5.17. The lowest BCUT2D eigenvalue weighted by Gasteiger charge is -2.35. The van der Waals surface area contributed by atoms with E-state index in [0.717, 1.165) is 5.69 Å². The van der Waals surface area contributed by atoms with E-state index < -0.39 is 0 Å². The Hall–Kier alpha value is -1.35. The van der Waals surface area contributed by atoms with Crippen molar-refractivity contribution in [3.05, 3.63) is 30.3 Å². The van der Waals surface area contributed by atoms with E-state index in [1.165, 1.54) is 0 Å². The predicted molar refractivity (Wildman–Crippen MR) is 76.6 cm³/mol. The molecule has 0 unspecified atom stereocenters. The van der Waals surface area contributed by atoms with Gasteiger partial charge in [-0.25, -0.2) is 0 Å². The summed E-state index contributed by atoms with van der Waals surface area (Å²) < 4.78 is 0. The first kappa shape index (κ1) is 14.7. The average molecular weight is 248 g/mol. The van der Waals surface area contributed by atoms with Crippen LogP contribution in [0.1, 0.15) is 34.6 Å². The second kappa shape index (κ2) is 6.55. The summed E-state index contributed by atoms with van der Waals surface area (Å²) in [5, 5.41) is 2.95. The first-order valence-corrected chi connectivity index (χ1v) is 6.56. The third kappa shape index (κ3) is 3.84. The van der Waals surface area contributed by atoms with Gasteiger partial charge in [0.05, 0.1) is 6.04 Å². The second-order valence-corrected chi connectivity index (χ2v) is 5.17. The predicted octanol–water partition coefficient (Wildman–Crippen LogP) is 3.13. The summed E-state index contributed by atoms with van der Waals surface area (Å²) in [6, 6.07) is 10.1. The average Bonchev–Trinajstić information content (AvgIpc) is 2.29. The smallest absolute Gasteiger partial charge is 0.241 e. The summed E-state index contributed by atoms with van der Waals surface area (Å²) in [6.07, 6.45) is 0. The lowest BCUT2D eigenvalue weighted by atomic mass is 10.1. The van der Waals surface area contributed by atoms with Crippen molar-refractivity contribution >= 4 is 11.6 Å². The molecule has 3 nitrogen and oxygen atoms in total. The van der Waals surface area contributed by atoms with Gasteiger partial charge in [-0.2, -0.15) is 0 Å². The summed E-state index contributed by atoms with van der Waals surface area (Å²) >= 11 is 0. The molecular formula is C15H24N2O. The minimum Gasteiger partial charge on any atom is -0.325 e. The molecule has 1 N–H and O–H groups in total. The van der Waals surface area contributed by atoms with Gasteiger partial charge in [-0.15, -0.1) is 0 Å². The molecule has 1 amide bonds. The van der Waals surface area contributed by atoms with Gasteiger partial charge in [-0.1, -0.05) is 18.2 Å². The van der Waals surface area contributed by atoms with Crippen LogP contribution in [0.5, 0.6) is 0 Å². The number of hydrogen-bond acceptors (Lipinski definition) is 2. The van der Waals surface area contributed by atoms with Crippen LogP contribution in [0.4, 0.5) is 5.69 Å². The summed E-state index contributed by atoms with van der Waals surface area (Å²) in [4.78, 5) is 14.4. The van der Waals surface area contributed by atoms with Gasteiger partial charge in [-0.05, 0) is 46.8 Å². The van der Waals surface area contributed by atoms with Crippen LogP contribution in [-0.4, -0.2) is 28.9 Å². The molecule has 0 heterocycles. The number of benzene rings is 1. The van der Waals surface area contributed by atoms with Crippen molar-refractivity contribution in [1.29, 1.82) is 0 Å². The van der Waals surface area contributed by atoms with E-state index in [1.54, 1.807) is 0 Å². The van der Waals surface area contributed by atoms with Gasteiger partial charge in [-0.3, -0.25) is 9.69 Å². The Kier molecular flexibility index (Phi) is 5.35. The summed E-state index contributed by atoms with van der Waals surface area (Å²) in [6.45, 7) is 10.4. The van der Waals surface area contributed by atoms with Crippen molar-refractivity contribution in [1.82, 2.24) is 4.90 Å². The summed E-state index contributed by atoms with van der Waals surface area (Å²) in [7, 11) is 0. The first-order valence-electron chi connectivity index (χ1n) is 6.56. The highest BCUT2D eigenvalue weighted by Crippen LogP contribution is 2.13. The molecule has 0 aromatic heterocycles. The summed E-state index contributed by atoms with van der Waals surface area (Å²) in [5.41, 5.74) is 0.849. The molecule has 1 aromatic carbocycles. The molecular weight excluding hydrogens is 224 g/mol. The van der Waals surface area contributed by atoms with Gasteiger partial charge in [0.15, 0.2) is 0 Å². The molecule has 18 heavy (non-hydrogen) atoms. The number of nitrogens with zero attached hydrogens (tertiary/aromatic N) is 1. The number of anilines is 1. The van der Waals surface area contributed by atoms with E-state index in [9.17, 15) is 4.79 Å². The molecule has 3 heteroatoms. The zero-order chi connectivity index (χ0) is 13.7. The van der Waals surface area contributed by atoms with E-state index in [1.807, 2.05) is 37.3 Å². The molecule has 0 saturated carbocycles. The molecule has 0 spiro atoms. The quantitative estimate of drug-likeness (QED) is 0.868. The van der Waals surface area contributed by atoms with E-state index in [4.69, 9.17) is 0 Å². The van der Waals surface area contributed by atoms with Crippen LogP contribution in [0.3, 0.4) is 0 Å². The zero-order valence-electron chi connectivity index (χ0n) is 12.0. The minimum atomic E-state index is -0.134. The number of rotatable bonds is 5. The zero-order valence-corrected chi connectivity index (χ0v) is 12.0. The molecule has 100 valence electrons. The number of carbonyl (C=O) groups is 1. The molecule has 0 saturated heterocycles. The van der Waals surface area contributed by atoms with Crippen LogP contribution >= 0.6 is 0 Å². The number of para-hydroxylation sites is 1. The van der Waals surface area contributed by atoms with Crippen LogP contribution in [0.15, 0.2) is 30.3 Å². The van der Waals surface area contributed by atoms with Crippen molar-refractivity contribution in [2.75, 3.05) is 5.32 Å². The Labute approximate surface area is 110 Å². The molecule has 1 rings (SSSR count). The van der Waals surface area contributed by atoms with Crippen LogP contribution < -0.4 is 5.32 Å². The molecule has 0 radical (unpaired) electrons. The fourth-order valence-electron chi connectivity index (χ4n) is 2.39. The Morgan fingerprint density at radius 2 is 1.50 bits per heavy atom. The SMILES string of the molecule is CC(C)N(C(C)C)[C@@H](C)C(=O)Nc1ccccc1. The maximum Gasteiger partial charge on any atom is 0.241 e. The monoisotopic (exact) mass is 248 g/mol. The molecule has 1 atom stereocenters. The molecule has 1 aromatic rings. The lowest BCUT2D eigenvalue weighted by molar-refractivity contribution is -0.122. The van der Waals surface area contributed by atoms with E-state index >= 15 is 0 Å². The fraction of sp³-hybridized carbons (Fsp3) is 0.533. The first-order chi connectivity index (χ1) is 8.43. The van der Waals surface area contributed by atoms with Crippen molar-refractivity contribution < 1.29 is 4.79 Å². The van der Waals surface area contributed by atoms with Gasteiger partial charge in [0.1, 0.15) is 0 Å². The Morgan fingerprint density at radius 3 is 1.94 bits per heavy atom. The van der Waals surface area contributed by atoms with Gasteiger partial charge >= 0.3 is 0 Å². The molecule has 0 aliphatic carbocycles. The third-order valence-electron chi connectivity index (χ3n) is 3.06. The van der Waals surface area contributed by atoms with Gasteiger partial charge in [0.2, 0.25) is 5.91 Å². The van der Waals surface area contributed by atoms with E-state index in [0.29, 0.717) is 12.1 Å². The highest BCUT2D eigenvalue weighted by molar-refractivity contribution is 5.94. The maximum atomic E-state index is 12.2. The van der Waals surface area contributed by atoms with Crippen LogP contribution in [0.2, 0.25) is 0 Å². The topological polar surface area (TPSA) is 32.3 Å². The van der Waals surface area contributed by atoms with Gasteiger partial charge in [0.25, 0.3) is 0 Å². The Bertz CT molecular complexity index is 365. The van der Waals surface area contributed by atoms with Crippen LogP contribution in [0, 0.1) is 0 Å². The normalized spacial score (nSPS) is 13.1. The largest absolute Gasteiger partial charge is 0.325 e. The van der Waals surface area contributed by atoms with Crippen LogP contribution in [0.25, 0.3) is 0 Å². The molecule has 0 aliphatic heterocycles. The Morgan fingerprint density at radius 1 is 1.00 bits per heavy atom. The number of hydrogen-bond donors (Lipinski definition) is 1. The standard InChI is InChI=1S/C15H24N2O/c1-11(2)17(12(3)4)13(5)15(18)16-14-9-7-6-8-10-14/h6-13H,1-5H3,(H,16,18)/t13-/m0/s1. The van der Waals surface area contributed by atoms with Gasteiger partial charge < -0.3 is 5.32 Å². The highest BCUT2D eigenvalue weighted by atomic mass is 16.2. The molecule has 0 fully saturated rings. The third-order valence-corrected chi connectivity index (χ3v) is 3.06. The minimum absolute atomic E-state index is 0.0450. The number of nitrogens with one attached hydrogen (secondary N) is 1. The van der Waals surface area contributed by atoms with Crippen molar-refractivity contribution in [2.24, 2.45) is 0 Å². The Balaban J connectivity index is 2.71. The number of amides is 1. The fourth-order valence-corrected chi connectivity index (χ4v) is 2.39.